The van der Waals surface area contributed by atoms with Crippen molar-refractivity contribution in [3.8, 4) is 11.8 Å². The fourth-order valence-electron chi connectivity index (χ4n) is 2.61. The molecule has 6 nitrogen and oxygen atoms in total. The molecule has 0 fully saturated rings. The molecule has 0 spiro atoms. The number of halogens is 1. The van der Waals surface area contributed by atoms with Crippen LogP contribution in [0.4, 0.5) is 11.4 Å². The maximum atomic E-state index is 12.4. The number of hydrogen-bond acceptors (Lipinski definition) is 4. The summed E-state index contributed by atoms with van der Waals surface area (Å²) in [6.07, 6.45) is 1.49. The maximum absolute atomic E-state index is 12.4. The Bertz CT molecular complexity index is 1140. The Morgan fingerprint density at radius 3 is 2.32 bits per heavy atom. The third-order valence-corrected chi connectivity index (χ3v) is 4.56. The second-order valence-corrected chi connectivity index (χ2v) is 7.32. The molecule has 0 aliphatic heterocycles. The zero-order chi connectivity index (χ0) is 22.1. The monoisotopic (exact) mass is 475 g/mol. The number of hydrogen-bond donors (Lipinski definition) is 2. The molecule has 3 rings (SSSR count). The van der Waals surface area contributed by atoms with Crippen molar-refractivity contribution < 1.29 is 14.3 Å². The van der Waals surface area contributed by atoms with Crippen LogP contribution in [-0.2, 0) is 9.59 Å². The minimum atomic E-state index is -0.501. The standard InChI is InChI=1S/C24H18BrN3O3/c25-19-5-4-8-21(14-19)28-24(30)18(15-26)13-17-9-11-22(12-10-17)31-16-23(29)27-20-6-2-1-3-7-20/h1-14H,16H2,(H,27,29)(H,28,30)/b18-13+. The van der Waals surface area contributed by atoms with E-state index < -0.39 is 5.91 Å². The van der Waals surface area contributed by atoms with Crippen LogP contribution in [0.25, 0.3) is 6.08 Å². The minimum absolute atomic E-state index is 0.0316. The predicted octanol–water partition coefficient (Wildman–Crippen LogP) is 5.01. The number of para-hydroxylation sites is 1. The van der Waals surface area contributed by atoms with Crippen molar-refractivity contribution in [3.63, 3.8) is 0 Å². The largest absolute Gasteiger partial charge is 0.484 e. The Morgan fingerprint density at radius 2 is 1.65 bits per heavy atom. The van der Waals surface area contributed by atoms with E-state index in [0.29, 0.717) is 22.7 Å². The molecule has 154 valence electrons. The Balaban J connectivity index is 1.57. The highest BCUT2D eigenvalue weighted by atomic mass is 79.9. The zero-order valence-electron chi connectivity index (χ0n) is 16.3. The fourth-order valence-corrected chi connectivity index (χ4v) is 3.01. The first-order valence-electron chi connectivity index (χ1n) is 9.30. The Morgan fingerprint density at radius 1 is 0.935 bits per heavy atom. The molecular weight excluding hydrogens is 458 g/mol. The van der Waals surface area contributed by atoms with Gasteiger partial charge in [-0.1, -0.05) is 52.3 Å². The molecule has 0 radical (unpaired) electrons. The third kappa shape index (κ3) is 6.84. The highest BCUT2D eigenvalue weighted by Gasteiger charge is 2.10. The summed E-state index contributed by atoms with van der Waals surface area (Å²) in [6, 6.07) is 24.9. The quantitative estimate of drug-likeness (QED) is 0.371. The van der Waals surface area contributed by atoms with E-state index in [-0.39, 0.29) is 18.1 Å². The van der Waals surface area contributed by atoms with E-state index in [4.69, 9.17) is 4.74 Å². The number of rotatable bonds is 7. The van der Waals surface area contributed by atoms with Gasteiger partial charge in [-0.15, -0.1) is 0 Å². The van der Waals surface area contributed by atoms with Gasteiger partial charge in [0.1, 0.15) is 17.4 Å². The summed E-state index contributed by atoms with van der Waals surface area (Å²) < 4.78 is 6.30. The van der Waals surface area contributed by atoms with Crippen LogP contribution in [0.5, 0.6) is 5.75 Å². The molecule has 0 atom stereocenters. The van der Waals surface area contributed by atoms with Gasteiger partial charge in [0.05, 0.1) is 0 Å². The highest BCUT2D eigenvalue weighted by Crippen LogP contribution is 2.18. The van der Waals surface area contributed by atoms with Gasteiger partial charge in [0.25, 0.3) is 11.8 Å². The molecule has 31 heavy (non-hydrogen) atoms. The lowest BCUT2D eigenvalue weighted by atomic mass is 10.1. The smallest absolute Gasteiger partial charge is 0.266 e. The van der Waals surface area contributed by atoms with E-state index in [0.717, 1.165) is 4.47 Å². The van der Waals surface area contributed by atoms with Gasteiger partial charge in [0.2, 0.25) is 0 Å². The summed E-state index contributed by atoms with van der Waals surface area (Å²) in [5, 5.41) is 14.8. The van der Waals surface area contributed by atoms with Crippen LogP contribution in [-0.4, -0.2) is 18.4 Å². The molecule has 2 N–H and O–H groups in total. The second-order valence-electron chi connectivity index (χ2n) is 6.41. The number of ether oxygens (including phenoxy) is 1. The molecule has 2 amide bonds. The molecule has 0 unspecified atom stereocenters. The summed E-state index contributed by atoms with van der Waals surface area (Å²) in [5.74, 6) is -0.276. The van der Waals surface area contributed by atoms with Crippen molar-refractivity contribution in [2.75, 3.05) is 17.2 Å². The zero-order valence-corrected chi connectivity index (χ0v) is 17.9. The third-order valence-electron chi connectivity index (χ3n) is 4.07. The molecular formula is C24H18BrN3O3. The lowest BCUT2D eigenvalue weighted by molar-refractivity contribution is -0.118. The average Bonchev–Trinajstić information content (AvgIpc) is 2.77. The molecule has 3 aromatic rings. The summed E-state index contributed by atoms with van der Waals surface area (Å²) in [7, 11) is 0. The van der Waals surface area contributed by atoms with Crippen LogP contribution in [0.2, 0.25) is 0 Å². The van der Waals surface area contributed by atoms with Crippen LogP contribution in [0.15, 0.2) is 88.9 Å². The van der Waals surface area contributed by atoms with Crippen molar-refractivity contribution >= 4 is 45.2 Å². The normalized spacial score (nSPS) is 10.6. The Labute approximate surface area is 188 Å². The molecule has 7 heteroatoms. The first-order chi connectivity index (χ1) is 15.0. The van der Waals surface area contributed by atoms with Gasteiger partial charge < -0.3 is 15.4 Å². The van der Waals surface area contributed by atoms with E-state index in [1.165, 1.54) is 6.08 Å². The summed E-state index contributed by atoms with van der Waals surface area (Å²) >= 11 is 3.34. The lowest BCUT2D eigenvalue weighted by Crippen LogP contribution is -2.20. The first-order valence-corrected chi connectivity index (χ1v) is 10.1. The van der Waals surface area contributed by atoms with Gasteiger partial charge in [0.15, 0.2) is 6.61 Å². The number of nitriles is 1. The van der Waals surface area contributed by atoms with Crippen LogP contribution in [0.3, 0.4) is 0 Å². The van der Waals surface area contributed by atoms with Gasteiger partial charge in [-0.05, 0) is 54.1 Å². The van der Waals surface area contributed by atoms with Gasteiger partial charge >= 0.3 is 0 Å². The van der Waals surface area contributed by atoms with Gasteiger partial charge in [0, 0.05) is 15.8 Å². The SMILES string of the molecule is N#C/C(=C\c1ccc(OCC(=O)Nc2ccccc2)cc1)C(=O)Nc1cccc(Br)c1. The summed E-state index contributed by atoms with van der Waals surface area (Å²) in [4.78, 5) is 24.3. The number of carbonyl (C=O) groups is 2. The van der Waals surface area contributed by atoms with Crippen molar-refractivity contribution in [1.82, 2.24) is 0 Å². The summed E-state index contributed by atoms with van der Waals surface area (Å²) in [6.45, 7) is -0.136. The molecule has 0 heterocycles. The van der Waals surface area contributed by atoms with Gasteiger partial charge in [-0.3, -0.25) is 9.59 Å². The number of nitrogens with zero attached hydrogens (tertiary/aromatic N) is 1. The molecule has 0 saturated heterocycles. The fraction of sp³-hybridized carbons (Fsp3) is 0.0417. The van der Waals surface area contributed by atoms with E-state index >= 15 is 0 Å². The van der Waals surface area contributed by atoms with Crippen molar-refractivity contribution in [1.29, 1.82) is 5.26 Å². The summed E-state index contributed by atoms with van der Waals surface area (Å²) in [5.41, 5.74) is 1.90. The minimum Gasteiger partial charge on any atom is -0.484 e. The van der Waals surface area contributed by atoms with E-state index in [2.05, 4.69) is 26.6 Å². The van der Waals surface area contributed by atoms with Crippen LogP contribution in [0, 0.1) is 11.3 Å². The molecule has 0 aromatic heterocycles. The average molecular weight is 476 g/mol. The number of carbonyl (C=O) groups excluding carboxylic acids is 2. The van der Waals surface area contributed by atoms with E-state index in [1.54, 1.807) is 54.6 Å². The van der Waals surface area contributed by atoms with E-state index in [1.807, 2.05) is 30.3 Å². The Kier molecular flexibility index (Phi) is 7.57. The molecule has 3 aromatic carbocycles. The van der Waals surface area contributed by atoms with Crippen molar-refractivity contribution in [2.45, 2.75) is 0 Å². The Hall–Kier alpha value is -3.89. The highest BCUT2D eigenvalue weighted by molar-refractivity contribution is 9.10. The molecule has 0 saturated carbocycles. The number of anilines is 2. The van der Waals surface area contributed by atoms with Crippen LogP contribution >= 0.6 is 15.9 Å². The van der Waals surface area contributed by atoms with Gasteiger partial charge in [-0.2, -0.15) is 5.26 Å². The number of nitrogens with one attached hydrogen (secondary N) is 2. The van der Waals surface area contributed by atoms with Crippen LogP contribution in [0.1, 0.15) is 5.56 Å². The lowest BCUT2D eigenvalue weighted by Gasteiger charge is -2.08. The molecule has 0 aliphatic rings. The molecule has 0 bridgehead atoms. The van der Waals surface area contributed by atoms with Gasteiger partial charge in [-0.25, -0.2) is 0 Å². The maximum Gasteiger partial charge on any atom is 0.266 e. The molecule has 0 aliphatic carbocycles. The predicted molar refractivity (Wildman–Crippen MR) is 123 cm³/mol. The number of amides is 2. The first kappa shape index (κ1) is 21.8. The topological polar surface area (TPSA) is 91.2 Å². The second kappa shape index (κ2) is 10.8. The van der Waals surface area contributed by atoms with E-state index in [9.17, 15) is 14.9 Å². The number of benzene rings is 3. The van der Waals surface area contributed by atoms with Crippen molar-refractivity contribution in [2.24, 2.45) is 0 Å². The van der Waals surface area contributed by atoms with Crippen molar-refractivity contribution in [3.05, 3.63) is 94.5 Å². The van der Waals surface area contributed by atoms with Crippen LogP contribution < -0.4 is 15.4 Å².